The first-order chi connectivity index (χ1) is 8.58. The van der Waals surface area contributed by atoms with E-state index in [1.54, 1.807) is 12.3 Å². The first kappa shape index (κ1) is 11.9. The number of aryl methyl sites for hydroxylation is 1. The van der Waals surface area contributed by atoms with Gasteiger partial charge in [0.15, 0.2) is 0 Å². The summed E-state index contributed by atoms with van der Waals surface area (Å²) in [7, 11) is 0. The number of carbonyl (C=O) groups is 1. The van der Waals surface area contributed by atoms with Crippen molar-refractivity contribution >= 4 is 11.6 Å². The van der Waals surface area contributed by atoms with Gasteiger partial charge >= 0.3 is 0 Å². The van der Waals surface area contributed by atoms with Crippen molar-refractivity contribution in [2.75, 3.05) is 5.32 Å². The van der Waals surface area contributed by atoms with Crippen LogP contribution in [0.5, 0.6) is 11.5 Å². The molecule has 1 amide bonds. The normalized spacial score (nSPS) is 10.1. The van der Waals surface area contributed by atoms with Crippen LogP contribution in [0.2, 0.25) is 0 Å². The van der Waals surface area contributed by atoms with Gasteiger partial charge in [-0.05, 0) is 36.8 Å². The molecule has 0 saturated carbocycles. The van der Waals surface area contributed by atoms with Gasteiger partial charge in [0.05, 0.1) is 17.4 Å². The van der Waals surface area contributed by atoms with Crippen molar-refractivity contribution in [3.63, 3.8) is 0 Å². The molecule has 5 heteroatoms. The Bertz CT molecular complexity index is 597. The van der Waals surface area contributed by atoms with Gasteiger partial charge in [-0.3, -0.25) is 9.78 Å². The summed E-state index contributed by atoms with van der Waals surface area (Å²) in [5.74, 6) is -0.771. The largest absolute Gasteiger partial charge is 0.508 e. The number of anilines is 1. The van der Waals surface area contributed by atoms with Crippen LogP contribution in [0.1, 0.15) is 15.9 Å². The molecule has 0 atom stereocenters. The van der Waals surface area contributed by atoms with Gasteiger partial charge < -0.3 is 15.5 Å². The third kappa shape index (κ3) is 2.40. The summed E-state index contributed by atoms with van der Waals surface area (Å²) in [5, 5.41) is 21.5. The summed E-state index contributed by atoms with van der Waals surface area (Å²) in [4.78, 5) is 15.8. The molecule has 2 aromatic rings. The highest BCUT2D eigenvalue weighted by atomic mass is 16.3. The number of nitrogens with zero attached hydrogens (tertiary/aromatic N) is 1. The molecular formula is C13H12N2O3. The number of hydrogen-bond acceptors (Lipinski definition) is 4. The molecule has 0 radical (unpaired) electrons. The Morgan fingerprint density at radius 2 is 2.06 bits per heavy atom. The maximum Gasteiger partial charge on any atom is 0.259 e. The van der Waals surface area contributed by atoms with Crippen LogP contribution in [0.4, 0.5) is 5.69 Å². The van der Waals surface area contributed by atoms with E-state index in [4.69, 9.17) is 0 Å². The Hall–Kier alpha value is -2.56. The quantitative estimate of drug-likeness (QED) is 0.706. The van der Waals surface area contributed by atoms with E-state index in [1.807, 2.05) is 6.92 Å². The maximum atomic E-state index is 11.9. The van der Waals surface area contributed by atoms with E-state index in [0.717, 1.165) is 5.56 Å². The molecular weight excluding hydrogens is 232 g/mol. The number of nitrogens with one attached hydrogen (secondary N) is 1. The lowest BCUT2D eigenvalue weighted by atomic mass is 10.1. The number of pyridine rings is 1. The van der Waals surface area contributed by atoms with Gasteiger partial charge in [-0.1, -0.05) is 0 Å². The van der Waals surface area contributed by atoms with Gasteiger partial charge in [-0.15, -0.1) is 0 Å². The molecule has 1 heterocycles. The molecule has 92 valence electrons. The van der Waals surface area contributed by atoms with E-state index in [0.29, 0.717) is 5.69 Å². The second kappa shape index (κ2) is 4.75. The van der Waals surface area contributed by atoms with E-state index in [1.165, 1.54) is 24.4 Å². The summed E-state index contributed by atoms with van der Waals surface area (Å²) in [6, 6.07) is 5.54. The first-order valence-corrected chi connectivity index (χ1v) is 5.32. The second-order valence-electron chi connectivity index (χ2n) is 3.85. The van der Waals surface area contributed by atoms with Gasteiger partial charge in [0.1, 0.15) is 11.5 Å². The fraction of sp³-hybridized carbons (Fsp3) is 0.0769. The number of amides is 1. The third-order valence-corrected chi connectivity index (χ3v) is 2.51. The molecule has 1 aromatic heterocycles. The number of carbonyl (C=O) groups excluding carboxylic acids is 1. The molecule has 0 aliphatic heterocycles. The highest BCUT2D eigenvalue weighted by Crippen LogP contribution is 2.23. The highest BCUT2D eigenvalue weighted by molar-refractivity contribution is 6.06. The molecule has 0 saturated heterocycles. The Kier molecular flexibility index (Phi) is 3.14. The average molecular weight is 244 g/mol. The maximum absolute atomic E-state index is 11.9. The molecule has 18 heavy (non-hydrogen) atoms. The van der Waals surface area contributed by atoms with Crippen LogP contribution in [-0.2, 0) is 0 Å². The minimum atomic E-state index is -0.500. The minimum absolute atomic E-state index is 0.0123. The number of benzene rings is 1. The van der Waals surface area contributed by atoms with Gasteiger partial charge in [0.25, 0.3) is 5.91 Å². The van der Waals surface area contributed by atoms with E-state index < -0.39 is 5.91 Å². The topological polar surface area (TPSA) is 82.5 Å². The SMILES string of the molecule is Cc1ccncc1NC(=O)c1cc(O)ccc1O. The summed E-state index contributed by atoms with van der Waals surface area (Å²) in [5.41, 5.74) is 1.43. The molecule has 1 aromatic carbocycles. The van der Waals surface area contributed by atoms with E-state index in [2.05, 4.69) is 10.3 Å². The van der Waals surface area contributed by atoms with Crippen molar-refractivity contribution < 1.29 is 15.0 Å². The number of aromatic hydroxyl groups is 2. The van der Waals surface area contributed by atoms with Crippen molar-refractivity contribution in [1.82, 2.24) is 4.98 Å². The molecule has 0 aliphatic rings. The van der Waals surface area contributed by atoms with Gasteiger partial charge in [-0.25, -0.2) is 0 Å². The van der Waals surface area contributed by atoms with E-state index >= 15 is 0 Å². The predicted octanol–water partition coefficient (Wildman–Crippen LogP) is 2.05. The smallest absolute Gasteiger partial charge is 0.259 e. The number of aromatic nitrogens is 1. The van der Waals surface area contributed by atoms with Crippen LogP contribution in [0.25, 0.3) is 0 Å². The van der Waals surface area contributed by atoms with Gasteiger partial charge in [0.2, 0.25) is 0 Å². The molecule has 0 fully saturated rings. The van der Waals surface area contributed by atoms with E-state index in [-0.39, 0.29) is 17.1 Å². The lowest BCUT2D eigenvalue weighted by Crippen LogP contribution is -2.13. The Morgan fingerprint density at radius 3 is 2.78 bits per heavy atom. The number of hydrogen-bond donors (Lipinski definition) is 3. The molecule has 2 rings (SSSR count). The number of phenolic OH excluding ortho intramolecular Hbond substituents is 2. The standard InChI is InChI=1S/C13H12N2O3/c1-8-4-5-14-7-11(8)15-13(18)10-6-9(16)2-3-12(10)17/h2-7,16-17H,1H3,(H,15,18). The Balaban J connectivity index is 2.28. The van der Waals surface area contributed by atoms with Crippen LogP contribution >= 0.6 is 0 Å². The first-order valence-electron chi connectivity index (χ1n) is 5.32. The molecule has 5 nitrogen and oxygen atoms in total. The summed E-state index contributed by atoms with van der Waals surface area (Å²) >= 11 is 0. The van der Waals surface area contributed by atoms with Crippen LogP contribution in [0.3, 0.4) is 0 Å². The summed E-state index contributed by atoms with van der Waals surface area (Å²) < 4.78 is 0. The Morgan fingerprint density at radius 1 is 1.28 bits per heavy atom. The fourth-order valence-corrected chi connectivity index (χ4v) is 1.49. The van der Waals surface area contributed by atoms with Crippen LogP contribution in [-0.4, -0.2) is 21.1 Å². The summed E-state index contributed by atoms with van der Waals surface area (Å²) in [6.45, 7) is 1.83. The highest BCUT2D eigenvalue weighted by Gasteiger charge is 2.13. The second-order valence-corrected chi connectivity index (χ2v) is 3.85. The van der Waals surface area contributed by atoms with Crippen molar-refractivity contribution in [2.45, 2.75) is 6.92 Å². The lowest BCUT2D eigenvalue weighted by Gasteiger charge is -2.08. The zero-order valence-electron chi connectivity index (χ0n) is 9.71. The van der Waals surface area contributed by atoms with E-state index in [9.17, 15) is 15.0 Å². The third-order valence-electron chi connectivity index (χ3n) is 2.51. The van der Waals surface area contributed by atoms with Gasteiger partial charge in [-0.2, -0.15) is 0 Å². The zero-order valence-corrected chi connectivity index (χ0v) is 9.71. The van der Waals surface area contributed by atoms with Crippen LogP contribution < -0.4 is 5.32 Å². The molecule has 0 aliphatic carbocycles. The van der Waals surface area contributed by atoms with Crippen LogP contribution in [0, 0.1) is 6.92 Å². The molecule has 0 spiro atoms. The number of rotatable bonds is 2. The monoisotopic (exact) mass is 244 g/mol. The zero-order chi connectivity index (χ0) is 13.1. The molecule has 0 unspecified atom stereocenters. The lowest BCUT2D eigenvalue weighted by molar-refractivity contribution is 0.102. The molecule has 0 bridgehead atoms. The number of phenols is 2. The summed E-state index contributed by atoms with van der Waals surface area (Å²) in [6.07, 6.45) is 3.14. The van der Waals surface area contributed by atoms with Gasteiger partial charge in [0, 0.05) is 6.20 Å². The van der Waals surface area contributed by atoms with Crippen molar-refractivity contribution in [1.29, 1.82) is 0 Å². The fourth-order valence-electron chi connectivity index (χ4n) is 1.49. The van der Waals surface area contributed by atoms with Crippen molar-refractivity contribution in [3.05, 3.63) is 47.8 Å². The average Bonchev–Trinajstić information content (AvgIpc) is 2.35. The van der Waals surface area contributed by atoms with Crippen molar-refractivity contribution in [3.8, 4) is 11.5 Å². The minimum Gasteiger partial charge on any atom is -0.508 e. The molecule has 3 N–H and O–H groups in total. The predicted molar refractivity (Wildman–Crippen MR) is 66.7 cm³/mol. The Labute approximate surface area is 104 Å². The van der Waals surface area contributed by atoms with Crippen LogP contribution in [0.15, 0.2) is 36.7 Å². The van der Waals surface area contributed by atoms with Crippen molar-refractivity contribution in [2.24, 2.45) is 0 Å².